The zero-order valence-corrected chi connectivity index (χ0v) is 12.7. The lowest BCUT2D eigenvalue weighted by atomic mass is 10.2. The molecule has 1 aromatic heterocycles. The second-order valence-corrected chi connectivity index (χ2v) is 5.47. The Kier molecular flexibility index (Phi) is 5.27. The SMILES string of the molecule is CN(C)CCC(=O)N1CCN(C(=O)c2cccnc2)CC1. The van der Waals surface area contributed by atoms with Gasteiger partial charge in [0, 0.05) is 51.5 Å². The van der Waals surface area contributed by atoms with E-state index >= 15 is 0 Å². The summed E-state index contributed by atoms with van der Waals surface area (Å²) < 4.78 is 0. The largest absolute Gasteiger partial charge is 0.339 e. The van der Waals surface area contributed by atoms with Crippen molar-refractivity contribution >= 4 is 11.8 Å². The van der Waals surface area contributed by atoms with Gasteiger partial charge in [-0.1, -0.05) is 0 Å². The number of amides is 2. The average Bonchev–Trinajstić information content (AvgIpc) is 2.53. The highest BCUT2D eigenvalue weighted by Crippen LogP contribution is 2.09. The molecule has 1 aromatic rings. The molecular weight excluding hydrogens is 268 g/mol. The van der Waals surface area contributed by atoms with Crippen LogP contribution >= 0.6 is 0 Å². The van der Waals surface area contributed by atoms with E-state index in [0.717, 1.165) is 6.54 Å². The van der Waals surface area contributed by atoms with Crippen LogP contribution in [0.5, 0.6) is 0 Å². The van der Waals surface area contributed by atoms with Gasteiger partial charge in [0.2, 0.25) is 5.91 Å². The molecule has 1 saturated heterocycles. The molecule has 0 N–H and O–H groups in total. The van der Waals surface area contributed by atoms with E-state index in [1.165, 1.54) is 0 Å². The molecule has 0 aromatic carbocycles. The van der Waals surface area contributed by atoms with Crippen molar-refractivity contribution in [1.82, 2.24) is 19.7 Å². The normalized spacial score (nSPS) is 15.4. The van der Waals surface area contributed by atoms with Crippen molar-refractivity contribution in [3.05, 3.63) is 30.1 Å². The first-order chi connectivity index (χ1) is 10.1. The molecule has 2 rings (SSSR count). The van der Waals surface area contributed by atoms with Crippen LogP contribution in [0.2, 0.25) is 0 Å². The molecule has 1 aliphatic heterocycles. The minimum Gasteiger partial charge on any atom is -0.339 e. The summed E-state index contributed by atoms with van der Waals surface area (Å²) in [6.07, 6.45) is 3.76. The monoisotopic (exact) mass is 290 g/mol. The molecule has 0 radical (unpaired) electrons. The van der Waals surface area contributed by atoms with Gasteiger partial charge in [0.15, 0.2) is 0 Å². The minimum absolute atomic E-state index is 0.0107. The van der Waals surface area contributed by atoms with Crippen LogP contribution in [-0.2, 0) is 4.79 Å². The first-order valence-electron chi connectivity index (χ1n) is 7.19. The number of piperazine rings is 1. The van der Waals surface area contributed by atoms with E-state index in [2.05, 4.69) is 4.98 Å². The summed E-state index contributed by atoms with van der Waals surface area (Å²) in [5.41, 5.74) is 0.602. The van der Waals surface area contributed by atoms with E-state index in [1.807, 2.05) is 23.9 Å². The van der Waals surface area contributed by atoms with Crippen molar-refractivity contribution in [3.8, 4) is 0 Å². The fourth-order valence-corrected chi connectivity index (χ4v) is 2.31. The molecule has 0 unspecified atom stereocenters. The van der Waals surface area contributed by atoms with Crippen molar-refractivity contribution < 1.29 is 9.59 Å². The molecule has 0 atom stereocenters. The molecule has 2 heterocycles. The number of hydrogen-bond donors (Lipinski definition) is 0. The van der Waals surface area contributed by atoms with Gasteiger partial charge in [-0.15, -0.1) is 0 Å². The first-order valence-corrected chi connectivity index (χ1v) is 7.19. The number of hydrogen-bond acceptors (Lipinski definition) is 4. The predicted octanol–water partition coefficient (Wildman–Crippen LogP) is 0.318. The molecule has 0 bridgehead atoms. The smallest absolute Gasteiger partial charge is 0.255 e. The molecule has 114 valence electrons. The summed E-state index contributed by atoms with van der Waals surface area (Å²) in [7, 11) is 3.91. The van der Waals surface area contributed by atoms with Crippen molar-refractivity contribution in [3.63, 3.8) is 0 Å². The van der Waals surface area contributed by atoms with Gasteiger partial charge in [-0.05, 0) is 26.2 Å². The lowest BCUT2D eigenvalue weighted by Crippen LogP contribution is -2.50. The highest BCUT2D eigenvalue weighted by atomic mass is 16.2. The zero-order chi connectivity index (χ0) is 15.2. The van der Waals surface area contributed by atoms with E-state index in [4.69, 9.17) is 0 Å². The summed E-state index contributed by atoms with van der Waals surface area (Å²) in [5.74, 6) is 0.153. The van der Waals surface area contributed by atoms with Crippen LogP contribution in [0.25, 0.3) is 0 Å². The maximum absolute atomic E-state index is 12.3. The molecule has 6 nitrogen and oxygen atoms in total. The van der Waals surface area contributed by atoms with Gasteiger partial charge in [0.1, 0.15) is 0 Å². The van der Waals surface area contributed by atoms with Gasteiger partial charge in [-0.2, -0.15) is 0 Å². The minimum atomic E-state index is -0.0107. The van der Waals surface area contributed by atoms with Crippen LogP contribution in [0.4, 0.5) is 0 Å². The predicted molar refractivity (Wildman–Crippen MR) is 79.9 cm³/mol. The van der Waals surface area contributed by atoms with Crippen molar-refractivity contribution in [1.29, 1.82) is 0 Å². The molecule has 0 spiro atoms. The molecule has 0 saturated carbocycles. The van der Waals surface area contributed by atoms with Crippen LogP contribution in [0.15, 0.2) is 24.5 Å². The molecule has 1 fully saturated rings. The van der Waals surface area contributed by atoms with E-state index in [-0.39, 0.29) is 11.8 Å². The Morgan fingerprint density at radius 2 is 1.86 bits per heavy atom. The number of aromatic nitrogens is 1. The summed E-state index contributed by atoms with van der Waals surface area (Å²) in [6.45, 7) is 3.15. The average molecular weight is 290 g/mol. The second kappa shape index (κ2) is 7.17. The number of pyridine rings is 1. The highest BCUT2D eigenvalue weighted by molar-refractivity contribution is 5.94. The Balaban J connectivity index is 1.83. The Bertz CT molecular complexity index is 482. The lowest BCUT2D eigenvalue weighted by molar-refractivity contribution is -0.132. The standard InChI is InChI=1S/C15H22N4O2/c1-17(2)7-5-14(20)18-8-10-19(11-9-18)15(21)13-4-3-6-16-12-13/h3-4,6,12H,5,7-11H2,1-2H3. The van der Waals surface area contributed by atoms with E-state index in [9.17, 15) is 9.59 Å². The van der Waals surface area contributed by atoms with Gasteiger partial charge in [0.05, 0.1) is 5.56 Å². The molecule has 6 heteroatoms. The molecule has 1 aliphatic rings. The van der Waals surface area contributed by atoms with Crippen LogP contribution in [-0.4, -0.2) is 78.3 Å². The summed E-state index contributed by atoms with van der Waals surface area (Å²) in [6, 6.07) is 3.53. The summed E-state index contributed by atoms with van der Waals surface area (Å²) in [4.78, 5) is 33.9. The third-order valence-electron chi connectivity index (χ3n) is 3.60. The van der Waals surface area contributed by atoms with Gasteiger partial charge in [-0.25, -0.2) is 0 Å². The first kappa shape index (κ1) is 15.4. The fourth-order valence-electron chi connectivity index (χ4n) is 2.31. The van der Waals surface area contributed by atoms with Crippen LogP contribution in [0, 0.1) is 0 Å². The van der Waals surface area contributed by atoms with Crippen molar-refractivity contribution in [2.24, 2.45) is 0 Å². The fraction of sp³-hybridized carbons (Fsp3) is 0.533. The quantitative estimate of drug-likeness (QED) is 0.801. The van der Waals surface area contributed by atoms with Crippen LogP contribution < -0.4 is 0 Å². The van der Waals surface area contributed by atoms with Gasteiger partial charge >= 0.3 is 0 Å². The Morgan fingerprint density at radius 1 is 1.19 bits per heavy atom. The topological polar surface area (TPSA) is 56.8 Å². The molecule has 21 heavy (non-hydrogen) atoms. The Labute approximate surface area is 125 Å². The Hall–Kier alpha value is -1.95. The molecule has 2 amide bonds. The van der Waals surface area contributed by atoms with Gasteiger partial charge < -0.3 is 14.7 Å². The zero-order valence-electron chi connectivity index (χ0n) is 12.7. The van der Waals surface area contributed by atoms with E-state index in [1.54, 1.807) is 29.4 Å². The Morgan fingerprint density at radius 3 is 2.43 bits per heavy atom. The lowest BCUT2D eigenvalue weighted by Gasteiger charge is -2.35. The number of nitrogens with zero attached hydrogens (tertiary/aromatic N) is 4. The third kappa shape index (κ3) is 4.26. The maximum atomic E-state index is 12.3. The van der Waals surface area contributed by atoms with Crippen molar-refractivity contribution in [2.45, 2.75) is 6.42 Å². The molecular formula is C15H22N4O2. The molecule has 0 aliphatic carbocycles. The summed E-state index contributed by atoms with van der Waals surface area (Å²) in [5, 5.41) is 0. The van der Waals surface area contributed by atoms with Crippen LogP contribution in [0.1, 0.15) is 16.8 Å². The third-order valence-corrected chi connectivity index (χ3v) is 3.60. The summed E-state index contributed by atoms with van der Waals surface area (Å²) >= 11 is 0. The second-order valence-electron chi connectivity index (χ2n) is 5.47. The van der Waals surface area contributed by atoms with E-state index < -0.39 is 0 Å². The van der Waals surface area contributed by atoms with Crippen molar-refractivity contribution in [2.75, 3.05) is 46.8 Å². The number of rotatable bonds is 4. The van der Waals surface area contributed by atoms with Gasteiger partial charge in [0.25, 0.3) is 5.91 Å². The number of carbonyl (C=O) groups excluding carboxylic acids is 2. The maximum Gasteiger partial charge on any atom is 0.255 e. The van der Waals surface area contributed by atoms with Crippen LogP contribution in [0.3, 0.4) is 0 Å². The highest BCUT2D eigenvalue weighted by Gasteiger charge is 2.24. The van der Waals surface area contributed by atoms with Gasteiger partial charge in [-0.3, -0.25) is 14.6 Å². The number of carbonyl (C=O) groups is 2. The van der Waals surface area contributed by atoms with E-state index in [0.29, 0.717) is 38.2 Å².